The highest BCUT2D eigenvalue weighted by Gasteiger charge is 2.21. The van der Waals surface area contributed by atoms with E-state index in [1.807, 2.05) is 0 Å². The molecule has 7 heteroatoms. The third-order valence-corrected chi connectivity index (χ3v) is 2.55. The van der Waals surface area contributed by atoms with E-state index in [1.54, 1.807) is 6.20 Å². The molecule has 4 nitrogen and oxygen atoms in total. The minimum absolute atomic E-state index is 0.101. The molecule has 0 aliphatic carbocycles. The third-order valence-electron chi connectivity index (χ3n) is 2.55. The molecule has 19 heavy (non-hydrogen) atoms. The molecule has 2 aromatic rings. The average molecular weight is 269 g/mol. The van der Waals surface area contributed by atoms with Crippen LogP contribution >= 0.6 is 0 Å². The summed E-state index contributed by atoms with van der Waals surface area (Å²) in [6, 6.07) is 1.63. The molecule has 0 fully saturated rings. The minimum Gasteiger partial charge on any atom is -0.347 e. The monoisotopic (exact) mass is 269 g/mol. The number of carbonyl (C=O) groups is 1. The van der Waals surface area contributed by atoms with Crippen molar-refractivity contribution >= 4 is 5.91 Å². The predicted molar refractivity (Wildman–Crippen MR) is 60.7 cm³/mol. The van der Waals surface area contributed by atoms with Gasteiger partial charge in [-0.05, 0) is 12.1 Å². The second-order valence-corrected chi connectivity index (χ2v) is 3.92. The molecule has 0 saturated heterocycles. The molecule has 1 N–H and O–H groups in total. The van der Waals surface area contributed by atoms with E-state index >= 15 is 0 Å². The van der Waals surface area contributed by atoms with Crippen LogP contribution in [-0.4, -0.2) is 27.8 Å². The predicted octanol–water partition coefficient (Wildman–Crippen LogP) is 2.10. The smallest absolute Gasteiger partial charge is 0.257 e. The maximum absolute atomic E-state index is 13.5. The quantitative estimate of drug-likeness (QED) is 0.867. The lowest BCUT2D eigenvalue weighted by molar-refractivity contribution is 0.0776. The van der Waals surface area contributed by atoms with E-state index in [2.05, 4.69) is 9.97 Å². The fourth-order valence-electron chi connectivity index (χ4n) is 1.58. The maximum atomic E-state index is 13.5. The van der Waals surface area contributed by atoms with E-state index in [0.717, 1.165) is 11.0 Å². The van der Waals surface area contributed by atoms with Crippen LogP contribution in [-0.2, 0) is 6.54 Å². The summed E-state index contributed by atoms with van der Waals surface area (Å²) in [7, 11) is 1.41. The number of hydrogen-bond donors (Lipinski definition) is 1. The van der Waals surface area contributed by atoms with Gasteiger partial charge in [-0.15, -0.1) is 0 Å². The number of H-pyrrole nitrogens is 1. The first-order valence-electron chi connectivity index (χ1n) is 5.38. The lowest BCUT2D eigenvalue weighted by atomic mass is 10.1. The molecular formula is C12H10F3N3O. The van der Waals surface area contributed by atoms with Crippen molar-refractivity contribution in [2.45, 2.75) is 6.54 Å². The summed E-state index contributed by atoms with van der Waals surface area (Å²) in [6.45, 7) is 0.101. The van der Waals surface area contributed by atoms with Gasteiger partial charge in [0.25, 0.3) is 5.91 Å². The van der Waals surface area contributed by atoms with Crippen molar-refractivity contribution in [3.05, 3.63) is 53.4 Å². The fraction of sp³-hybridized carbons (Fsp3) is 0.167. The van der Waals surface area contributed by atoms with Crippen LogP contribution in [0.5, 0.6) is 0 Å². The highest BCUT2D eigenvalue weighted by Crippen LogP contribution is 2.17. The van der Waals surface area contributed by atoms with Crippen molar-refractivity contribution in [1.82, 2.24) is 14.9 Å². The Bertz CT molecular complexity index is 599. The lowest BCUT2D eigenvalue weighted by Crippen LogP contribution is -2.28. The summed E-state index contributed by atoms with van der Waals surface area (Å²) >= 11 is 0. The second kappa shape index (κ2) is 5.13. The summed E-state index contributed by atoms with van der Waals surface area (Å²) in [4.78, 5) is 19.7. The molecule has 0 atom stereocenters. The Labute approximate surface area is 106 Å². The maximum Gasteiger partial charge on any atom is 0.257 e. The minimum atomic E-state index is -1.66. The van der Waals surface area contributed by atoms with Gasteiger partial charge in [0, 0.05) is 19.4 Å². The largest absolute Gasteiger partial charge is 0.347 e. The zero-order valence-electron chi connectivity index (χ0n) is 9.95. The van der Waals surface area contributed by atoms with Crippen molar-refractivity contribution in [2.24, 2.45) is 0 Å². The molecule has 0 spiro atoms. The second-order valence-electron chi connectivity index (χ2n) is 3.92. The zero-order valence-corrected chi connectivity index (χ0v) is 9.95. The summed E-state index contributed by atoms with van der Waals surface area (Å²) < 4.78 is 39.3. The highest BCUT2D eigenvalue weighted by molar-refractivity contribution is 5.94. The van der Waals surface area contributed by atoms with E-state index in [0.29, 0.717) is 11.9 Å². The molecule has 0 saturated carbocycles. The number of nitrogens with one attached hydrogen (secondary N) is 1. The van der Waals surface area contributed by atoms with Gasteiger partial charge in [-0.2, -0.15) is 0 Å². The van der Waals surface area contributed by atoms with Gasteiger partial charge in [0.05, 0.1) is 12.1 Å². The van der Waals surface area contributed by atoms with Gasteiger partial charge < -0.3 is 9.88 Å². The number of rotatable bonds is 3. The normalized spacial score (nSPS) is 10.5. The molecule has 2 rings (SSSR count). The fourth-order valence-corrected chi connectivity index (χ4v) is 1.58. The molecule has 1 heterocycles. The third kappa shape index (κ3) is 2.59. The Kier molecular flexibility index (Phi) is 3.55. The summed E-state index contributed by atoms with van der Waals surface area (Å²) in [5.41, 5.74) is -0.520. The first-order chi connectivity index (χ1) is 9.00. The average Bonchev–Trinajstić information content (AvgIpc) is 2.88. The van der Waals surface area contributed by atoms with E-state index in [-0.39, 0.29) is 6.54 Å². The van der Waals surface area contributed by atoms with Crippen LogP contribution in [0.2, 0.25) is 0 Å². The summed E-state index contributed by atoms with van der Waals surface area (Å²) in [5, 5.41) is 0. The summed E-state index contributed by atoms with van der Waals surface area (Å²) in [5.74, 6) is -4.73. The zero-order chi connectivity index (χ0) is 14.0. The molecule has 0 aliphatic rings. The topological polar surface area (TPSA) is 49.0 Å². The van der Waals surface area contributed by atoms with Gasteiger partial charge in [0.15, 0.2) is 17.5 Å². The Morgan fingerprint density at radius 2 is 2.05 bits per heavy atom. The number of nitrogens with zero attached hydrogens (tertiary/aromatic N) is 2. The Balaban J connectivity index is 2.22. The van der Waals surface area contributed by atoms with Crippen LogP contribution in [0.1, 0.15) is 16.2 Å². The van der Waals surface area contributed by atoms with E-state index in [9.17, 15) is 18.0 Å². The Morgan fingerprint density at radius 3 is 2.68 bits per heavy atom. The molecule has 100 valence electrons. The molecule has 1 amide bonds. The molecule has 0 aliphatic heterocycles. The Hall–Kier alpha value is -2.31. The van der Waals surface area contributed by atoms with Gasteiger partial charge in [-0.3, -0.25) is 4.79 Å². The van der Waals surface area contributed by atoms with Crippen LogP contribution in [0.4, 0.5) is 13.2 Å². The van der Waals surface area contributed by atoms with Crippen LogP contribution in [0, 0.1) is 17.5 Å². The number of aromatic nitrogens is 2. The van der Waals surface area contributed by atoms with E-state index < -0.39 is 28.9 Å². The molecule has 0 radical (unpaired) electrons. The SMILES string of the molecule is CN(Cc1ncc[nH]1)C(=O)c1ccc(F)c(F)c1F. The van der Waals surface area contributed by atoms with Crippen LogP contribution < -0.4 is 0 Å². The first kappa shape index (κ1) is 13.1. The van der Waals surface area contributed by atoms with Crippen LogP contribution in [0.3, 0.4) is 0 Å². The number of imidazole rings is 1. The number of carbonyl (C=O) groups excluding carboxylic acids is 1. The molecular weight excluding hydrogens is 259 g/mol. The van der Waals surface area contributed by atoms with Gasteiger partial charge in [-0.1, -0.05) is 0 Å². The standard InChI is InChI=1S/C12H10F3N3O/c1-18(6-9-16-4-5-17-9)12(19)7-2-3-8(13)11(15)10(7)14/h2-5H,6H2,1H3,(H,16,17). The first-order valence-corrected chi connectivity index (χ1v) is 5.38. The van der Waals surface area contributed by atoms with Gasteiger partial charge in [-0.25, -0.2) is 18.2 Å². The van der Waals surface area contributed by atoms with Gasteiger partial charge in [0.2, 0.25) is 0 Å². The van der Waals surface area contributed by atoms with Crippen molar-refractivity contribution < 1.29 is 18.0 Å². The van der Waals surface area contributed by atoms with Crippen molar-refractivity contribution in [3.63, 3.8) is 0 Å². The van der Waals surface area contributed by atoms with Crippen molar-refractivity contribution in [3.8, 4) is 0 Å². The number of hydrogen-bond acceptors (Lipinski definition) is 2. The molecule has 0 bridgehead atoms. The van der Waals surface area contributed by atoms with Crippen LogP contribution in [0.15, 0.2) is 24.5 Å². The summed E-state index contributed by atoms with van der Waals surface area (Å²) in [6.07, 6.45) is 3.08. The number of halogens is 3. The lowest BCUT2D eigenvalue weighted by Gasteiger charge is -2.16. The van der Waals surface area contributed by atoms with Gasteiger partial charge in [0.1, 0.15) is 5.82 Å². The van der Waals surface area contributed by atoms with Crippen molar-refractivity contribution in [2.75, 3.05) is 7.05 Å². The number of aromatic amines is 1. The molecule has 1 aromatic carbocycles. The van der Waals surface area contributed by atoms with Crippen molar-refractivity contribution in [1.29, 1.82) is 0 Å². The highest BCUT2D eigenvalue weighted by atomic mass is 19.2. The van der Waals surface area contributed by atoms with Gasteiger partial charge >= 0.3 is 0 Å². The molecule has 0 unspecified atom stereocenters. The van der Waals surface area contributed by atoms with E-state index in [1.165, 1.54) is 13.2 Å². The number of amides is 1. The number of benzene rings is 1. The van der Waals surface area contributed by atoms with E-state index in [4.69, 9.17) is 0 Å². The van der Waals surface area contributed by atoms with Crippen LogP contribution in [0.25, 0.3) is 0 Å². The molecule has 1 aromatic heterocycles. The Morgan fingerprint density at radius 1 is 1.32 bits per heavy atom.